The van der Waals surface area contributed by atoms with E-state index in [1.54, 1.807) is 0 Å². The van der Waals surface area contributed by atoms with Gasteiger partial charge in [-0.15, -0.1) is 0 Å². The molecule has 0 aliphatic rings. The van der Waals surface area contributed by atoms with E-state index in [-0.39, 0.29) is 31.9 Å². The number of carboxylic acids is 1. The van der Waals surface area contributed by atoms with Gasteiger partial charge in [-0.2, -0.15) is 0 Å². The molecule has 0 saturated heterocycles. The molecule has 0 spiro atoms. The van der Waals surface area contributed by atoms with Crippen molar-refractivity contribution in [1.82, 2.24) is 0 Å². The van der Waals surface area contributed by atoms with Gasteiger partial charge in [-0.25, -0.2) is 0 Å². The van der Waals surface area contributed by atoms with E-state index in [1.165, 1.54) is 0 Å². The molecule has 48 valence electrons. The van der Waals surface area contributed by atoms with Gasteiger partial charge in [-0.3, -0.25) is 0 Å². The molecule has 0 unspecified atom stereocenters. The van der Waals surface area contributed by atoms with Crippen molar-refractivity contribution < 1.29 is 39.0 Å². The molecule has 0 aromatic carbocycles. The number of carbonyl (C=O) groups is 1. The number of carbonyl (C=O) groups excluding carboxylic acids is 1. The Kier molecular flexibility index (Phi) is 7.98. The molecule has 9 heavy (non-hydrogen) atoms. The Morgan fingerprint density at radius 2 is 2.11 bits per heavy atom. The van der Waals surface area contributed by atoms with Crippen LogP contribution in [0.4, 0.5) is 0 Å². The molecule has 5 heteroatoms. The van der Waals surface area contributed by atoms with Gasteiger partial charge >= 0.3 is 18.9 Å². The Hall–Kier alpha value is -0.0126. The van der Waals surface area contributed by atoms with Gasteiger partial charge in [0.05, 0.1) is 12.1 Å². The average Bonchev–Trinajstić information content (AvgIpc) is 1.67. The average molecular weight is 126 g/mol. The van der Waals surface area contributed by atoms with Gasteiger partial charge in [0.15, 0.2) is 0 Å². The molecule has 1 atom stereocenters. The van der Waals surface area contributed by atoms with E-state index in [0.29, 0.717) is 0 Å². The van der Waals surface area contributed by atoms with Crippen LogP contribution in [0, 0.1) is 0 Å². The Bertz CT molecular complexity index is 84.6. The van der Waals surface area contributed by atoms with Crippen LogP contribution in [0.1, 0.15) is 6.42 Å². The Morgan fingerprint density at radius 3 is 2.22 bits per heavy atom. The second-order valence-corrected chi connectivity index (χ2v) is 1.35. The van der Waals surface area contributed by atoms with Crippen molar-refractivity contribution in [2.45, 2.75) is 12.5 Å². The van der Waals surface area contributed by atoms with Crippen LogP contribution < -0.4 is 24.0 Å². The van der Waals surface area contributed by atoms with Gasteiger partial charge in [0, 0.05) is 13.0 Å². The van der Waals surface area contributed by atoms with Crippen LogP contribution in [0.15, 0.2) is 0 Å². The smallest absolute Gasteiger partial charge is 0.547 e. The second kappa shape index (κ2) is 6.11. The number of aliphatic hydroxyl groups is 2. The zero-order chi connectivity index (χ0) is 6.57. The fourth-order valence-corrected chi connectivity index (χ4v) is 0.240. The van der Waals surface area contributed by atoms with Crippen LogP contribution in [-0.2, 0) is 4.79 Å². The normalized spacial score (nSPS) is 11.8. The molecule has 0 fully saturated rings. The maximum atomic E-state index is 9.62. The van der Waals surface area contributed by atoms with Gasteiger partial charge < -0.3 is 20.1 Å². The summed E-state index contributed by atoms with van der Waals surface area (Å²) < 4.78 is 0. The van der Waals surface area contributed by atoms with Gasteiger partial charge in [0.1, 0.15) is 0 Å². The molecule has 2 N–H and O–H groups in total. The van der Waals surface area contributed by atoms with Crippen molar-refractivity contribution in [3.63, 3.8) is 0 Å². The molecule has 0 saturated carbocycles. The van der Waals surface area contributed by atoms with Gasteiger partial charge in [0.2, 0.25) is 0 Å². The zero-order valence-corrected chi connectivity index (χ0v) is 5.20. The van der Waals surface area contributed by atoms with Gasteiger partial charge in [-0.1, -0.05) is 0 Å². The molecule has 0 aliphatic carbocycles. The summed E-state index contributed by atoms with van der Waals surface area (Å²) in [6, 6.07) is 0. The SMILES string of the molecule is O=C([O-])[C@H](O)CCO.[Li+]. The van der Waals surface area contributed by atoms with Crippen molar-refractivity contribution >= 4 is 5.97 Å². The maximum absolute atomic E-state index is 9.62. The van der Waals surface area contributed by atoms with Crippen molar-refractivity contribution in [1.29, 1.82) is 0 Å². The molecular formula is C4H7LiO4. The van der Waals surface area contributed by atoms with E-state index >= 15 is 0 Å². The van der Waals surface area contributed by atoms with Crippen LogP contribution in [0.2, 0.25) is 0 Å². The summed E-state index contributed by atoms with van der Waals surface area (Å²) in [5, 5.41) is 26.0. The standard InChI is InChI=1S/C4H8O4.Li/c5-2-1-3(6)4(7)8;/h3,5-6H,1-2H2,(H,7,8);/q;+1/p-1/t3-;/m1./s1. The molecule has 0 bridgehead atoms. The van der Waals surface area contributed by atoms with Crippen LogP contribution >= 0.6 is 0 Å². The number of rotatable bonds is 3. The number of carboxylic acid groups (broad SMARTS) is 1. The fourth-order valence-electron chi connectivity index (χ4n) is 0.240. The molecule has 0 aromatic rings. The topological polar surface area (TPSA) is 80.6 Å². The van der Waals surface area contributed by atoms with Crippen LogP contribution in [0.5, 0.6) is 0 Å². The molecular weight excluding hydrogens is 119 g/mol. The first kappa shape index (κ1) is 11.7. The molecule has 0 radical (unpaired) electrons. The third kappa shape index (κ3) is 5.86. The summed E-state index contributed by atoms with van der Waals surface area (Å²) >= 11 is 0. The first-order valence-electron chi connectivity index (χ1n) is 2.18. The molecule has 0 aliphatic heterocycles. The van der Waals surface area contributed by atoms with E-state index in [2.05, 4.69) is 0 Å². The molecule has 0 amide bonds. The molecule has 0 rings (SSSR count). The second-order valence-electron chi connectivity index (χ2n) is 1.35. The van der Waals surface area contributed by atoms with Crippen molar-refractivity contribution in [3.8, 4) is 0 Å². The van der Waals surface area contributed by atoms with Gasteiger partial charge in [0.25, 0.3) is 0 Å². The van der Waals surface area contributed by atoms with E-state index < -0.39 is 12.1 Å². The minimum Gasteiger partial charge on any atom is -0.547 e. The van der Waals surface area contributed by atoms with E-state index in [9.17, 15) is 9.90 Å². The largest absolute Gasteiger partial charge is 1.00 e. The van der Waals surface area contributed by atoms with Crippen molar-refractivity contribution in [3.05, 3.63) is 0 Å². The minimum atomic E-state index is -1.54. The molecule has 4 nitrogen and oxygen atoms in total. The first-order valence-corrected chi connectivity index (χ1v) is 2.18. The molecule has 0 aromatic heterocycles. The Balaban J connectivity index is 0. The predicted octanol–water partition coefficient (Wildman–Crippen LogP) is -5.52. The zero-order valence-electron chi connectivity index (χ0n) is 5.20. The summed E-state index contributed by atoms with van der Waals surface area (Å²) in [4.78, 5) is 9.62. The van der Waals surface area contributed by atoms with Gasteiger partial charge in [-0.05, 0) is 0 Å². The van der Waals surface area contributed by atoms with Crippen LogP contribution in [0.3, 0.4) is 0 Å². The number of aliphatic hydroxyl groups excluding tert-OH is 2. The summed E-state index contributed by atoms with van der Waals surface area (Å²) in [5.74, 6) is -1.54. The number of hydrogen-bond acceptors (Lipinski definition) is 4. The summed E-state index contributed by atoms with van der Waals surface area (Å²) in [7, 11) is 0. The quantitative estimate of drug-likeness (QED) is 0.369. The van der Waals surface area contributed by atoms with Crippen molar-refractivity contribution in [2.24, 2.45) is 0 Å². The molecule has 0 heterocycles. The van der Waals surface area contributed by atoms with E-state index in [4.69, 9.17) is 10.2 Å². The van der Waals surface area contributed by atoms with Crippen LogP contribution in [0.25, 0.3) is 0 Å². The number of aliphatic carboxylic acids is 1. The van der Waals surface area contributed by atoms with Crippen LogP contribution in [-0.4, -0.2) is 28.9 Å². The van der Waals surface area contributed by atoms with E-state index in [1.807, 2.05) is 0 Å². The Labute approximate surface area is 64.7 Å². The Morgan fingerprint density at radius 1 is 1.67 bits per heavy atom. The monoisotopic (exact) mass is 126 g/mol. The summed E-state index contributed by atoms with van der Waals surface area (Å²) in [6.45, 7) is -0.338. The predicted molar refractivity (Wildman–Crippen MR) is 22.7 cm³/mol. The third-order valence-electron chi connectivity index (χ3n) is 0.675. The third-order valence-corrected chi connectivity index (χ3v) is 0.675. The minimum absolute atomic E-state index is 0. The first-order chi connectivity index (χ1) is 3.68. The number of hydrogen-bond donors (Lipinski definition) is 2. The fraction of sp³-hybridized carbons (Fsp3) is 0.750. The maximum Gasteiger partial charge on any atom is 1.00 e. The van der Waals surface area contributed by atoms with E-state index in [0.717, 1.165) is 0 Å². The summed E-state index contributed by atoms with van der Waals surface area (Å²) in [5.41, 5.74) is 0. The summed E-state index contributed by atoms with van der Waals surface area (Å²) in [6.07, 6.45) is -1.69. The van der Waals surface area contributed by atoms with Crippen molar-refractivity contribution in [2.75, 3.05) is 6.61 Å².